The van der Waals surface area contributed by atoms with Gasteiger partial charge in [-0.1, -0.05) is 124 Å². The van der Waals surface area contributed by atoms with Gasteiger partial charge in [-0.3, -0.25) is 9.41 Å². The summed E-state index contributed by atoms with van der Waals surface area (Å²) in [6.45, 7) is 8.10. The maximum absolute atomic E-state index is 12.1. The predicted octanol–water partition coefficient (Wildman–Crippen LogP) is 22.5. The number of allylic oxidation sites excluding steroid dienone is 6. The molecule has 0 amide bonds. The van der Waals surface area contributed by atoms with Crippen LogP contribution in [-0.4, -0.2) is 59.1 Å². The molecule has 0 saturated heterocycles. The SMILES string of the molecule is C#CC(F)(F)Cl.C=C(C)F.C=C(F)C(F)(F)Cl.CC=CF.Cl.ClC(Cl)=C(Cl)C(Cl)Cl.F.F.FC(Cl)C(Cl)C(F)(F)Cl.FC(F)(Cl)C(Cl)=CCl.FC(F)(Cl)C(F)(Cl)CCl.FC=CC(F)(F)Cl. The Morgan fingerprint density at radius 1 is 0.708 bits per heavy atom. The van der Waals surface area contributed by atoms with Crippen LogP contribution in [0.2, 0.25) is 0 Å². The molecule has 3 atom stereocenters. The number of terminal acetylenes is 1. The zero-order valence-corrected chi connectivity index (χ0v) is 43.9. The zero-order chi connectivity index (χ0) is 53.1. The average Bonchev–Trinajstić information content (AvgIpc) is 3.05. The summed E-state index contributed by atoms with van der Waals surface area (Å²) in [4.78, 5) is -0.832. The lowest BCUT2D eigenvalue weighted by atomic mass is 10.4. The summed E-state index contributed by atoms with van der Waals surface area (Å²) in [5, 5.41) is -28.7. The molecule has 0 saturated carbocycles. The fraction of sp³-hybridized carbons (Fsp3) is 0.481. The molecule has 0 aliphatic carbocycles. The van der Waals surface area contributed by atoms with Crippen molar-refractivity contribution in [2.24, 2.45) is 0 Å². The second kappa shape index (κ2) is 49.4. The third-order valence-corrected chi connectivity index (χ3v) is 8.28. The second-order valence-electron chi connectivity index (χ2n) is 7.99. The minimum atomic E-state index is -4.11. The fourth-order valence-corrected chi connectivity index (χ4v) is 2.03. The predicted molar refractivity (Wildman–Crippen MR) is 239 cm³/mol. The van der Waals surface area contributed by atoms with Gasteiger partial charge in [0.25, 0.3) is 5.13 Å². The van der Waals surface area contributed by atoms with E-state index in [2.05, 4.69) is 112 Å². The van der Waals surface area contributed by atoms with Crippen LogP contribution < -0.4 is 0 Å². The quantitative estimate of drug-likeness (QED) is 0.129. The van der Waals surface area contributed by atoms with Crippen LogP contribution in [0.3, 0.4) is 0 Å². The van der Waals surface area contributed by atoms with Crippen molar-refractivity contribution in [3.05, 3.63) is 69.7 Å². The molecule has 38 heteroatoms. The molecule has 0 spiro atoms. The molecule has 0 bridgehead atoms. The van der Waals surface area contributed by atoms with Crippen LogP contribution >= 0.6 is 210 Å². The summed E-state index contributed by atoms with van der Waals surface area (Å²) in [5.41, 5.74) is -1.81. The zero-order valence-electron chi connectivity index (χ0n) is 30.3. The Balaban J connectivity index is -0.0000000488. The maximum atomic E-state index is 12.1. The van der Waals surface area contributed by atoms with E-state index >= 15 is 0 Å². The van der Waals surface area contributed by atoms with Gasteiger partial charge in [0.05, 0.1) is 29.4 Å². The second-order valence-corrected chi connectivity index (χ2v) is 15.7. The largest absolute Gasteiger partial charge is 0.385 e. The van der Waals surface area contributed by atoms with Gasteiger partial charge in [0.1, 0.15) is 14.4 Å². The van der Waals surface area contributed by atoms with Crippen LogP contribution in [0.15, 0.2) is 69.7 Å². The highest BCUT2D eigenvalue weighted by atomic mass is 35.5. The van der Waals surface area contributed by atoms with E-state index in [9.17, 15) is 79.0 Å². The number of hydrogen-bond acceptors (Lipinski definition) is 0. The lowest BCUT2D eigenvalue weighted by molar-refractivity contribution is -0.00730. The molecule has 0 rings (SSSR count). The molecule has 0 N–H and O–H groups in total. The Labute approximate surface area is 449 Å². The molecule has 0 aliphatic heterocycles. The minimum absolute atomic E-state index is 0. The summed E-state index contributed by atoms with van der Waals surface area (Å²) in [5.74, 6) is -2.17. The Kier molecular flexibility index (Phi) is 73.2. The van der Waals surface area contributed by atoms with Gasteiger partial charge in [0.2, 0.25) is 0 Å². The third kappa shape index (κ3) is 92.6. The lowest BCUT2D eigenvalue weighted by Crippen LogP contribution is -2.35. The molecule has 65 heavy (non-hydrogen) atoms. The molecule has 0 nitrogen and oxygen atoms in total. The van der Waals surface area contributed by atoms with Crippen molar-refractivity contribution in [2.75, 3.05) is 5.88 Å². The van der Waals surface area contributed by atoms with E-state index in [0.717, 1.165) is 5.92 Å². The van der Waals surface area contributed by atoms with Gasteiger partial charge in [-0.15, -0.1) is 42.0 Å². The average molecular weight is 1370 g/mol. The Bertz CT molecular complexity index is 1300. The highest BCUT2D eigenvalue weighted by molar-refractivity contribution is 6.62. The Morgan fingerprint density at radius 3 is 0.985 bits per heavy atom. The Hall–Kier alpha value is 1.82. The number of hydrogen-bond donors (Lipinski definition) is 0. The van der Waals surface area contributed by atoms with Gasteiger partial charge in [-0.2, -0.15) is 52.7 Å². The maximum Gasteiger partial charge on any atom is 0.385 e. The normalized spacial score (nSPS) is 12.9. The van der Waals surface area contributed by atoms with Crippen molar-refractivity contribution < 1.29 is 88.4 Å². The van der Waals surface area contributed by atoms with E-state index in [4.69, 9.17) is 104 Å². The Morgan fingerprint density at radius 2 is 0.985 bits per heavy atom. The molecule has 0 aromatic heterocycles. The van der Waals surface area contributed by atoms with Gasteiger partial charge in [0.15, 0.2) is 16.8 Å². The van der Waals surface area contributed by atoms with Crippen LogP contribution in [-0.2, 0) is 0 Å². The van der Waals surface area contributed by atoms with Crippen LogP contribution in [0.4, 0.5) is 88.4 Å². The van der Waals surface area contributed by atoms with Gasteiger partial charge >= 0.3 is 32.3 Å². The van der Waals surface area contributed by atoms with E-state index in [0.29, 0.717) is 11.9 Å². The molecular formula is C27H24Cl18F20. The fourth-order valence-electron chi connectivity index (χ4n) is 0.434. The lowest BCUT2D eigenvalue weighted by Gasteiger charge is -2.18. The van der Waals surface area contributed by atoms with E-state index in [1.54, 1.807) is 6.92 Å². The van der Waals surface area contributed by atoms with Crippen LogP contribution in [0.25, 0.3) is 0 Å². The van der Waals surface area contributed by atoms with E-state index in [-0.39, 0.29) is 49.6 Å². The van der Waals surface area contributed by atoms with E-state index in [1.165, 1.54) is 13.0 Å². The summed E-state index contributed by atoms with van der Waals surface area (Å²) in [7, 11) is 0. The standard InChI is InChI=1S/C3HCl5.2C3H2Cl3F3.C3HCl3F2.2C3H2ClF3.C3HClF2.2C3H5F.ClH.2FH/c4-1(2(5)6)3(7)8;4-1-2(5,7)3(6,8)9;4-1(2(5)7)3(6,8)9;4-1-2(5)3(6,7)8;1-2(5)3(4,6)7;4-3(6,7)1-2-5;1-2-3(4,5)6;1-3(2)4;1-2-3-4;;;/h2H;1H2;1-2H;1H;1H2;1-2H;1H;1H2,2H3;2-3H,1H3;3*1H. The summed E-state index contributed by atoms with van der Waals surface area (Å²) < 4.78 is 203. The van der Waals surface area contributed by atoms with Gasteiger partial charge < -0.3 is 0 Å². The first kappa shape index (κ1) is 96.3. The molecule has 398 valence electrons. The highest BCUT2D eigenvalue weighted by Gasteiger charge is 2.51. The first-order valence-electron chi connectivity index (χ1n) is 12.8. The number of halogens is 38. The van der Waals surface area contributed by atoms with Crippen molar-refractivity contribution in [1.29, 1.82) is 0 Å². The molecule has 0 radical (unpaired) electrons. The number of alkyl halides is 26. The minimum Gasteiger partial charge on any atom is -0.269 e. The molecular weight excluding hydrogens is 1340 g/mol. The third-order valence-electron chi connectivity index (χ3n) is 2.70. The van der Waals surface area contributed by atoms with Gasteiger partial charge in [-0.25, -0.2) is 26.3 Å². The van der Waals surface area contributed by atoms with Crippen molar-refractivity contribution in [2.45, 2.75) is 67.1 Å². The van der Waals surface area contributed by atoms with Crippen molar-refractivity contribution in [3.8, 4) is 12.3 Å². The molecule has 0 aromatic rings. The van der Waals surface area contributed by atoms with E-state index in [1.807, 2.05) is 0 Å². The molecule has 0 fully saturated rings. The smallest absolute Gasteiger partial charge is 0.269 e. The molecule has 3 unspecified atom stereocenters. The summed E-state index contributed by atoms with van der Waals surface area (Å²) in [6.07, 6.45) is 5.66. The van der Waals surface area contributed by atoms with Crippen molar-refractivity contribution >= 4 is 210 Å². The van der Waals surface area contributed by atoms with Gasteiger partial charge in [0, 0.05) is 11.6 Å². The van der Waals surface area contributed by atoms with Gasteiger partial charge in [-0.05, 0) is 89.4 Å². The van der Waals surface area contributed by atoms with Crippen molar-refractivity contribution in [3.63, 3.8) is 0 Å². The summed E-state index contributed by atoms with van der Waals surface area (Å²) >= 11 is 79.4. The van der Waals surface area contributed by atoms with Crippen molar-refractivity contribution in [1.82, 2.24) is 0 Å². The first-order chi connectivity index (χ1) is 26.9. The topological polar surface area (TPSA) is 0 Å². The monoisotopic (exact) mass is 1360 g/mol. The molecule has 0 aliphatic rings. The molecule has 0 aromatic carbocycles. The van der Waals surface area contributed by atoms with Crippen LogP contribution in [0.1, 0.15) is 13.8 Å². The van der Waals surface area contributed by atoms with Crippen LogP contribution in [0.5, 0.6) is 0 Å². The van der Waals surface area contributed by atoms with Crippen LogP contribution in [0, 0.1) is 12.3 Å². The molecule has 0 heterocycles. The highest BCUT2D eigenvalue weighted by Crippen LogP contribution is 2.40. The first-order valence-corrected chi connectivity index (χ1v) is 19.6. The number of rotatable bonds is 8. The van der Waals surface area contributed by atoms with E-state index < -0.39 is 70.0 Å². The summed E-state index contributed by atoms with van der Waals surface area (Å²) in [6, 6.07) is 0.